The van der Waals surface area contributed by atoms with Crippen LogP contribution < -0.4 is 9.64 Å². The van der Waals surface area contributed by atoms with Gasteiger partial charge in [-0.1, -0.05) is 48.0 Å². The van der Waals surface area contributed by atoms with Gasteiger partial charge in [0, 0.05) is 22.1 Å². The Hall–Kier alpha value is -3.22. The molecule has 154 valence electrons. The lowest BCUT2D eigenvalue weighted by Crippen LogP contribution is -2.38. The number of ether oxygens (including phenoxy) is 1. The number of aromatic nitrogens is 1. The van der Waals surface area contributed by atoms with E-state index in [1.807, 2.05) is 47.8 Å². The maximum Gasteiger partial charge on any atom is 0.265 e. The Morgan fingerprint density at radius 2 is 1.90 bits per heavy atom. The van der Waals surface area contributed by atoms with Gasteiger partial charge in [0.25, 0.3) is 5.91 Å². The first-order valence-corrected chi connectivity index (χ1v) is 10.9. The van der Waals surface area contributed by atoms with Crippen LogP contribution in [0.15, 0.2) is 72.1 Å². The second-order valence-corrected chi connectivity index (χ2v) is 8.33. The van der Waals surface area contributed by atoms with Crippen LogP contribution in [0, 0.1) is 5.82 Å². The van der Waals surface area contributed by atoms with Gasteiger partial charge in [-0.3, -0.25) is 4.79 Å². The number of anilines is 1. The Morgan fingerprint density at radius 3 is 2.74 bits per heavy atom. The third-order valence-corrected chi connectivity index (χ3v) is 6.30. The molecular weight excluding hydrogens is 435 g/mol. The van der Waals surface area contributed by atoms with Crippen molar-refractivity contribution in [2.75, 3.05) is 11.5 Å². The molecule has 5 rings (SSSR count). The van der Waals surface area contributed by atoms with Crippen LogP contribution in [0.5, 0.6) is 5.75 Å². The van der Waals surface area contributed by atoms with Crippen LogP contribution in [-0.4, -0.2) is 17.5 Å². The lowest BCUT2D eigenvalue weighted by molar-refractivity contribution is -0.121. The fourth-order valence-electron chi connectivity index (χ4n) is 3.50. The van der Waals surface area contributed by atoms with Gasteiger partial charge < -0.3 is 9.64 Å². The van der Waals surface area contributed by atoms with E-state index in [0.717, 1.165) is 21.8 Å². The molecule has 4 nitrogen and oxygen atoms in total. The molecule has 31 heavy (non-hydrogen) atoms. The first-order chi connectivity index (χ1) is 15.1. The van der Waals surface area contributed by atoms with E-state index in [4.69, 9.17) is 21.3 Å². The highest BCUT2D eigenvalue weighted by atomic mass is 35.5. The number of hydrogen-bond donors (Lipinski definition) is 0. The number of carbonyl (C=O) groups excluding carboxylic acids is 1. The van der Waals surface area contributed by atoms with Crippen LogP contribution in [-0.2, 0) is 11.3 Å². The number of hydrogen-bond acceptors (Lipinski definition) is 4. The van der Waals surface area contributed by atoms with Crippen molar-refractivity contribution in [3.05, 3.63) is 88.5 Å². The molecule has 0 spiro atoms. The highest BCUT2D eigenvalue weighted by Gasteiger charge is 2.27. The zero-order valence-electron chi connectivity index (χ0n) is 16.2. The van der Waals surface area contributed by atoms with Gasteiger partial charge in [-0.15, -0.1) is 11.3 Å². The molecular formula is C24H16ClFN2O2S. The maximum absolute atomic E-state index is 14.2. The molecule has 0 aliphatic carbocycles. The number of benzene rings is 3. The summed E-state index contributed by atoms with van der Waals surface area (Å²) in [5, 5.41) is 3.41. The highest BCUT2D eigenvalue weighted by Crippen LogP contribution is 2.39. The fourth-order valence-corrected chi connectivity index (χ4v) is 4.65. The standard InChI is InChI=1S/C24H16ClFN2O2S/c25-18-7-3-2-6-17(18)24-27-20(14-31-24)15-9-10-22-21(11-15)28(23(29)13-30-22)12-16-5-1-4-8-19(16)26/h1-11,14H,12-13H2. The molecule has 4 aromatic rings. The number of thiazole rings is 1. The van der Waals surface area contributed by atoms with Crippen molar-refractivity contribution in [1.82, 2.24) is 4.98 Å². The van der Waals surface area contributed by atoms with E-state index >= 15 is 0 Å². The number of rotatable bonds is 4. The minimum Gasteiger partial charge on any atom is -0.482 e. The van der Waals surface area contributed by atoms with Crippen LogP contribution in [0.2, 0.25) is 5.02 Å². The van der Waals surface area contributed by atoms with Gasteiger partial charge in [0.15, 0.2) is 6.61 Å². The first kappa shape index (κ1) is 19.7. The van der Waals surface area contributed by atoms with Gasteiger partial charge in [0.1, 0.15) is 16.6 Å². The summed E-state index contributed by atoms with van der Waals surface area (Å²) in [4.78, 5) is 18.9. The average molecular weight is 451 g/mol. The molecule has 0 N–H and O–H groups in total. The van der Waals surface area contributed by atoms with Gasteiger partial charge in [0.05, 0.1) is 22.9 Å². The highest BCUT2D eigenvalue weighted by molar-refractivity contribution is 7.13. The lowest BCUT2D eigenvalue weighted by Gasteiger charge is -2.30. The topological polar surface area (TPSA) is 42.4 Å². The summed E-state index contributed by atoms with van der Waals surface area (Å²) in [5.74, 6) is 0.0209. The van der Waals surface area contributed by atoms with Crippen molar-refractivity contribution in [3.8, 4) is 27.6 Å². The van der Waals surface area contributed by atoms with Gasteiger partial charge in [0.2, 0.25) is 0 Å². The van der Waals surface area contributed by atoms with Crippen molar-refractivity contribution in [2.45, 2.75) is 6.54 Å². The SMILES string of the molecule is O=C1COc2ccc(-c3csc(-c4ccccc4Cl)n3)cc2N1Cc1ccccc1F. The quantitative estimate of drug-likeness (QED) is 0.372. The predicted octanol–water partition coefficient (Wildman–Crippen LogP) is 6.20. The van der Waals surface area contributed by atoms with Crippen LogP contribution in [0.3, 0.4) is 0 Å². The lowest BCUT2D eigenvalue weighted by atomic mass is 10.1. The normalized spacial score (nSPS) is 13.1. The number of fused-ring (bicyclic) bond motifs is 1. The molecule has 0 saturated carbocycles. The van der Waals surface area contributed by atoms with Crippen molar-refractivity contribution >= 4 is 34.5 Å². The minimum absolute atomic E-state index is 0.0752. The first-order valence-electron chi connectivity index (χ1n) is 9.61. The monoisotopic (exact) mass is 450 g/mol. The summed E-state index contributed by atoms with van der Waals surface area (Å²) in [6.45, 7) is 0.0570. The molecule has 7 heteroatoms. The summed E-state index contributed by atoms with van der Waals surface area (Å²) >= 11 is 7.81. The number of carbonyl (C=O) groups is 1. The van der Waals surface area contributed by atoms with Crippen molar-refractivity contribution < 1.29 is 13.9 Å². The smallest absolute Gasteiger partial charge is 0.265 e. The van der Waals surface area contributed by atoms with Gasteiger partial charge in [-0.05, 0) is 30.3 Å². The molecule has 1 aliphatic heterocycles. The van der Waals surface area contributed by atoms with Crippen molar-refractivity contribution in [2.24, 2.45) is 0 Å². The second-order valence-electron chi connectivity index (χ2n) is 7.06. The summed E-state index contributed by atoms with van der Waals surface area (Å²) in [7, 11) is 0. The van der Waals surface area contributed by atoms with E-state index in [0.29, 0.717) is 22.0 Å². The number of amides is 1. The summed E-state index contributed by atoms with van der Waals surface area (Å²) in [6, 6.07) is 19.6. The summed E-state index contributed by atoms with van der Waals surface area (Å²) in [6.07, 6.45) is 0. The van der Waals surface area contributed by atoms with Crippen LogP contribution in [0.4, 0.5) is 10.1 Å². The zero-order chi connectivity index (χ0) is 21.4. The second kappa shape index (κ2) is 8.13. The number of halogens is 2. The molecule has 2 heterocycles. The van der Waals surface area contributed by atoms with E-state index in [9.17, 15) is 9.18 Å². The van der Waals surface area contributed by atoms with E-state index in [-0.39, 0.29) is 24.9 Å². The zero-order valence-corrected chi connectivity index (χ0v) is 17.8. The van der Waals surface area contributed by atoms with Gasteiger partial charge >= 0.3 is 0 Å². The Bertz CT molecular complexity index is 1290. The fraction of sp³-hybridized carbons (Fsp3) is 0.0833. The Balaban J connectivity index is 1.51. The van der Waals surface area contributed by atoms with Crippen LogP contribution in [0.1, 0.15) is 5.56 Å². The summed E-state index contributed by atoms with van der Waals surface area (Å²) in [5.41, 5.74) is 3.53. The minimum atomic E-state index is -0.344. The molecule has 1 aliphatic rings. The van der Waals surface area contributed by atoms with E-state index in [2.05, 4.69) is 0 Å². The largest absolute Gasteiger partial charge is 0.482 e. The molecule has 0 fully saturated rings. The van der Waals surface area contributed by atoms with Crippen molar-refractivity contribution in [3.63, 3.8) is 0 Å². The average Bonchev–Trinajstić information content (AvgIpc) is 3.27. The third-order valence-electron chi connectivity index (χ3n) is 5.09. The molecule has 0 bridgehead atoms. The van der Waals surface area contributed by atoms with Crippen LogP contribution >= 0.6 is 22.9 Å². The molecule has 1 aromatic heterocycles. The van der Waals surface area contributed by atoms with E-state index in [1.54, 1.807) is 23.1 Å². The van der Waals surface area contributed by atoms with Crippen LogP contribution in [0.25, 0.3) is 21.8 Å². The molecule has 0 atom stereocenters. The Labute approximate surface area is 187 Å². The van der Waals surface area contributed by atoms with Gasteiger partial charge in [-0.2, -0.15) is 0 Å². The maximum atomic E-state index is 14.2. The predicted molar refractivity (Wildman–Crippen MR) is 121 cm³/mol. The molecule has 0 radical (unpaired) electrons. The van der Waals surface area contributed by atoms with Crippen molar-refractivity contribution in [1.29, 1.82) is 0 Å². The molecule has 0 saturated heterocycles. The Kier molecular flexibility index (Phi) is 5.18. The Morgan fingerprint density at radius 1 is 1.10 bits per heavy atom. The van der Waals surface area contributed by atoms with Gasteiger partial charge in [-0.25, -0.2) is 9.37 Å². The van der Waals surface area contributed by atoms with E-state index in [1.165, 1.54) is 17.4 Å². The molecule has 3 aromatic carbocycles. The molecule has 1 amide bonds. The molecule has 0 unspecified atom stereocenters. The third kappa shape index (κ3) is 3.80. The van der Waals surface area contributed by atoms with E-state index < -0.39 is 0 Å². The summed E-state index contributed by atoms with van der Waals surface area (Å²) < 4.78 is 19.8. The number of nitrogens with zero attached hydrogens (tertiary/aromatic N) is 2.